The van der Waals surface area contributed by atoms with Crippen LogP contribution in [0.15, 0.2) is 12.1 Å². The smallest absolute Gasteiger partial charge is 0.162 e. The molecule has 0 aromatic heterocycles. The maximum atomic E-state index is 10.1. The Morgan fingerprint density at radius 2 is 2.25 bits per heavy atom. The number of hydrogen-bond acceptors (Lipinski definition) is 3. The van der Waals surface area contributed by atoms with Crippen molar-refractivity contribution in [3.05, 3.63) is 21.3 Å². The first-order valence-corrected chi connectivity index (χ1v) is 6.60. The lowest BCUT2D eigenvalue weighted by Crippen LogP contribution is -2.26. The van der Waals surface area contributed by atoms with Crippen molar-refractivity contribution in [2.24, 2.45) is 0 Å². The predicted octanol–water partition coefficient (Wildman–Crippen LogP) is 2.82. The zero-order valence-electron chi connectivity index (χ0n) is 9.29. The van der Waals surface area contributed by atoms with E-state index in [1.165, 1.54) is 12.8 Å². The molecule has 2 rings (SSSR count). The molecule has 0 aliphatic carbocycles. The fraction of sp³-hybridized carbons (Fsp3) is 0.500. The van der Waals surface area contributed by atoms with Crippen LogP contribution in [0.3, 0.4) is 0 Å². The van der Waals surface area contributed by atoms with Crippen molar-refractivity contribution in [1.82, 2.24) is 5.32 Å². The molecule has 1 aromatic carbocycles. The van der Waals surface area contributed by atoms with E-state index < -0.39 is 0 Å². The summed E-state index contributed by atoms with van der Waals surface area (Å²) < 4.78 is 6.27. The molecule has 0 bridgehead atoms. The summed E-state index contributed by atoms with van der Waals surface area (Å²) in [5.74, 6) is 0.844. The fourth-order valence-electron chi connectivity index (χ4n) is 2.13. The Hall–Kier alpha value is -0.490. The molecule has 0 saturated carbocycles. The highest BCUT2D eigenvalue weighted by Gasteiger charge is 2.20. The predicted molar refractivity (Wildman–Crippen MR) is 72.0 cm³/mol. The van der Waals surface area contributed by atoms with Crippen LogP contribution in [-0.4, -0.2) is 18.8 Å². The van der Waals surface area contributed by atoms with Crippen LogP contribution < -0.4 is 10.1 Å². The largest absolute Gasteiger partial charge is 0.504 e. The van der Waals surface area contributed by atoms with Gasteiger partial charge in [-0.2, -0.15) is 0 Å². The van der Waals surface area contributed by atoms with Gasteiger partial charge < -0.3 is 15.2 Å². The highest BCUT2D eigenvalue weighted by atomic mass is 127. The summed E-state index contributed by atoms with van der Waals surface area (Å²) in [7, 11) is 1.59. The van der Waals surface area contributed by atoms with Crippen LogP contribution in [0.2, 0.25) is 0 Å². The SMILES string of the molecule is COc1cc(I)cc(C2CCCCN2)c1O. The minimum atomic E-state index is 0.261. The number of ether oxygens (including phenoxy) is 1. The monoisotopic (exact) mass is 333 g/mol. The van der Waals surface area contributed by atoms with Crippen molar-refractivity contribution in [2.75, 3.05) is 13.7 Å². The molecule has 0 amide bonds. The third kappa shape index (κ3) is 2.43. The Morgan fingerprint density at radius 1 is 1.44 bits per heavy atom. The number of nitrogens with one attached hydrogen (secondary N) is 1. The molecular weight excluding hydrogens is 317 g/mol. The van der Waals surface area contributed by atoms with Crippen molar-refractivity contribution in [2.45, 2.75) is 25.3 Å². The van der Waals surface area contributed by atoms with Gasteiger partial charge in [-0.25, -0.2) is 0 Å². The molecule has 1 heterocycles. The van der Waals surface area contributed by atoms with E-state index in [1.807, 2.05) is 12.1 Å². The second-order valence-corrected chi connectivity index (χ2v) is 5.29. The Labute approximate surface area is 109 Å². The average Bonchev–Trinajstić information content (AvgIpc) is 2.33. The minimum Gasteiger partial charge on any atom is -0.504 e. The zero-order chi connectivity index (χ0) is 11.5. The summed E-state index contributed by atoms with van der Waals surface area (Å²) >= 11 is 2.25. The second-order valence-electron chi connectivity index (χ2n) is 4.05. The molecule has 1 aliphatic heterocycles. The minimum absolute atomic E-state index is 0.261. The number of hydrogen-bond donors (Lipinski definition) is 2. The number of piperidine rings is 1. The van der Waals surface area contributed by atoms with Crippen LogP contribution >= 0.6 is 22.6 Å². The molecule has 1 atom stereocenters. The van der Waals surface area contributed by atoms with E-state index in [2.05, 4.69) is 27.9 Å². The Balaban J connectivity index is 2.34. The topological polar surface area (TPSA) is 41.5 Å². The Morgan fingerprint density at radius 3 is 2.88 bits per heavy atom. The maximum Gasteiger partial charge on any atom is 0.162 e. The third-order valence-electron chi connectivity index (χ3n) is 2.97. The number of phenolic OH excluding ortho intramolecular Hbond substituents is 1. The fourth-order valence-corrected chi connectivity index (χ4v) is 2.75. The maximum absolute atomic E-state index is 10.1. The van der Waals surface area contributed by atoms with E-state index in [0.717, 1.165) is 22.1 Å². The van der Waals surface area contributed by atoms with Gasteiger partial charge in [-0.15, -0.1) is 0 Å². The normalized spacial score (nSPS) is 20.8. The Bertz CT molecular complexity index is 376. The molecule has 0 radical (unpaired) electrons. The van der Waals surface area contributed by atoms with Crippen LogP contribution in [0.5, 0.6) is 11.5 Å². The standard InChI is InChI=1S/C12H16INO2/c1-16-11-7-8(13)6-9(12(11)15)10-4-2-3-5-14-10/h6-7,10,14-15H,2-5H2,1H3. The van der Waals surface area contributed by atoms with Crippen LogP contribution in [0.1, 0.15) is 30.9 Å². The van der Waals surface area contributed by atoms with Crippen LogP contribution in [0.4, 0.5) is 0 Å². The molecule has 3 nitrogen and oxygen atoms in total. The molecule has 1 fully saturated rings. The van der Waals surface area contributed by atoms with Gasteiger partial charge in [0.05, 0.1) is 7.11 Å². The number of benzene rings is 1. The van der Waals surface area contributed by atoms with Crippen molar-refractivity contribution < 1.29 is 9.84 Å². The van der Waals surface area contributed by atoms with Gasteiger partial charge in [-0.05, 0) is 54.1 Å². The van der Waals surface area contributed by atoms with Gasteiger partial charge in [-0.3, -0.25) is 0 Å². The first kappa shape index (κ1) is 12.0. The summed E-state index contributed by atoms with van der Waals surface area (Å²) in [6, 6.07) is 4.14. The highest BCUT2D eigenvalue weighted by molar-refractivity contribution is 14.1. The quantitative estimate of drug-likeness (QED) is 0.818. The number of phenols is 1. The zero-order valence-corrected chi connectivity index (χ0v) is 11.5. The summed E-state index contributed by atoms with van der Waals surface area (Å²) in [5.41, 5.74) is 0.962. The van der Waals surface area contributed by atoms with E-state index in [0.29, 0.717) is 5.75 Å². The molecule has 1 aliphatic rings. The van der Waals surface area contributed by atoms with Crippen molar-refractivity contribution in [3.8, 4) is 11.5 Å². The van der Waals surface area contributed by atoms with Crippen LogP contribution in [0.25, 0.3) is 0 Å². The van der Waals surface area contributed by atoms with Gasteiger partial charge in [0.1, 0.15) is 0 Å². The Kier molecular flexibility index (Phi) is 3.91. The highest BCUT2D eigenvalue weighted by Crippen LogP contribution is 2.38. The van der Waals surface area contributed by atoms with Crippen molar-refractivity contribution in [3.63, 3.8) is 0 Å². The van der Waals surface area contributed by atoms with Crippen molar-refractivity contribution in [1.29, 1.82) is 0 Å². The average molecular weight is 333 g/mol. The van der Waals surface area contributed by atoms with Crippen molar-refractivity contribution >= 4 is 22.6 Å². The number of halogens is 1. The summed E-state index contributed by atoms with van der Waals surface area (Å²) in [4.78, 5) is 0. The lowest BCUT2D eigenvalue weighted by Gasteiger charge is -2.25. The molecule has 88 valence electrons. The molecule has 16 heavy (non-hydrogen) atoms. The molecule has 1 unspecified atom stereocenters. The van der Waals surface area contributed by atoms with Gasteiger partial charge in [0.2, 0.25) is 0 Å². The third-order valence-corrected chi connectivity index (χ3v) is 3.60. The number of rotatable bonds is 2. The van der Waals surface area contributed by atoms with Gasteiger partial charge >= 0.3 is 0 Å². The summed E-state index contributed by atoms with van der Waals surface area (Å²) in [6.45, 7) is 1.03. The van der Waals surface area contributed by atoms with Crippen LogP contribution in [-0.2, 0) is 0 Å². The van der Waals surface area contributed by atoms with Gasteiger partial charge in [0.15, 0.2) is 11.5 Å². The van der Waals surface area contributed by atoms with E-state index in [1.54, 1.807) is 7.11 Å². The number of methoxy groups -OCH3 is 1. The lowest BCUT2D eigenvalue weighted by molar-refractivity contribution is 0.354. The van der Waals surface area contributed by atoms with E-state index >= 15 is 0 Å². The van der Waals surface area contributed by atoms with E-state index in [9.17, 15) is 5.11 Å². The summed E-state index contributed by atoms with van der Waals surface area (Å²) in [5, 5.41) is 13.5. The van der Waals surface area contributed by atoms with Crippen LogP contribution in [0, 0.1) is 3.57 Å². The summed E-state index contributed by atoms with van der Waals surface area (Å²) in [6.07, 6.45) is 3.51. The molecular formula is C12H16INO2. The second kappa shape index (κ2) is 5.23. The van der Waals surface area contributed by atoms with E-state index in [4.69, 9.17) is 4.74 Å². The molecule has 1 aromatic rings. The number of aromatic hydroxyl groups is 1. The lowest BCUT2D eigenvalue weighted by atomic mass is 9.96. The van der Waals surface area contributed by atoms with E-state index in [-0.39, 0.29) is 11.8 Å². The van der Waals surface area contributed by atoms with Gasteiger partial charge in [-0.1, -0.05) is 6.42 Å². The van der Waals surface area contributed by atoms with Gasteiger partial charge in [0.25, 0.3) is 0 Å². The molecule has 1 saturated heterocycles. The molecule has 0 spiro atoms. The molecule has 2 N–H and O–H groups in total. The van der Waals surface area contributed by atoms with Gasteiger partial charge in [0, 0.05) is 15.2 Å². The first-order valence-electron chi connectivity index (χ1n) is 5.52. The first-order chi connectivity index (χ1) is 7.72. The molecule has 4 heteroatoms.